The SMILES string of the molecule is C[C@@H]1CNC[C@H]1C(=O)N1CC2(C)CC1CC(C)(C)C2. The molecule has 2 saturated heterocycles. The maximum absolute atomic E-state index is 12.8. The molecular weight excluding hydrogens is 236 g/mol. The summed E-state index contributed by atoms with van der Waals surface area (Å²) < 4.78 is 0. The van der Waals surface area contributed by atoms with E-state index in [0.717, 1.165) is 19.6 Å². The maximum Gasteiger partial charge on any atom is 0.227 e. The molecule has 19 heavy (non-hydrogen) atoms. The Balaban J connectivity index is 1.78. The van der Waals surface area contributed by atoms with Crippen molar-refractivity contribution in [2.45, 2.75) is 53.0 Å². The van der Waals surface area contributed by atoms with Gasteiger partial charge < -0.3 is 10.2 Å². The second-order valence-corrected chi connectivity index (χ2v) is 8.42. The molecule has 0 aromatic rings. The number of carbonyl (C=O) groups is 1. The van der Waals surface area contributed by atoms with E-state index in [-0.39, 0.29) is 5.92 Å². The second-order valence-electron chi connectivity index (χ2n) is 8.42. The second kappa shape index (κ2) is 4.21. The maximum atomic E-state index is 12.8. The minimum atomic E-state index is 0.214. The predicted octanol–water partition coefficient (Wildman–Crippen LogP) is 2.27. The molecule has 1 amide bonds. The van der Waals surface area contributed by atoms with Crippen LogP contribution < -0.4 is 5.32 Å². The van der Waals surface area contributed by atoms with E-state index in [9.17, 15) is 4.79 Å². The summed E-state index contributed by atoms with van der Waals surface area (Å²) in [6.07, 6.45) is 3.66. The summed E-state index contributed by atoms with van der Waals surface area (Å²) in [5.41, 5.74) is 0.754. The Morgan fingerprint density at radius 3 is 2.58 bits per heavy atom. The average Bonchev–Trinajstić information content (AvgIpc) is 2.78. The lowest BCUT2D eigenvalue weighted by molar-refractivity contribution is -0.137. The molecule has 4 atom stereocenters. The number of hydrogen-bond acceptors (Lipinski definition) is 2. The molecule has 1 saturated carbocycles. The van der Waals surface area contributed by atoms with Crippen molar-refractivity contribution < 1.29 is 4.79 Å². The minimum absolute atomic E-state index is 0.214. The molecule has 0 spiro atoms. The average molecular weight is 264 g/mol. The highest BCUT2D eigenvalue weighted by atomic mass is 16.2. The van der Waals surface area contributed by atoms with Crippen molar-refractivity contribution >= 4 is 5.91 Å². The van der Waals surface area contributed by atoms with Crippen LogP contribution in [0.2, 0.25) is 0 Å². The number of fused-ring (bicyclic) bond motifs is 2. The van der Waals surface area contributed by atoms with Gasteiger partial charge >= 0.3 is 0 Å². The molecule has 0 radical (unpaired) electrons. The van der Waals surface area contributed by atoms with Crippen LogP contribution in [0.5, 0.6) is 0 Å². The Kier molecular flexibility index (Phi) is 2.97. The van der Waals surface area contributed by atoms with Gasteiger partial charge in [-0.1, -0.05) is 27.7 Å². The first-order chi connectivity index (χ1) is 8.80. The first-order valence-electron chi connectivity index (χ1n) is 7.81. The van der Waals surface area contributed by atoms with Gasteiger partial charge in [0, 0.05) is 19.1 Å². The molecule has 2 heterocycles. The summed E-state index contributed by atoms with van der Waals surface area (Å²) >= 11 is 0. The number of rotatable bonds is 1. The highest BCUT2D eigenvalue weighted by molar-refractivity contribution is 5.80. The first kappa shape index (κ1) is 13.4. The Morgan fingerprint density at radius 2 is 1.95 bits per heavy atom. The van der Waals surface area contributed by atoms with Crippen LogP contribution in [-0.2, 0) is 4.79 Å². The lowest BCUT2D eigenvalue weighted by Gasteiger charge is -2.39. The lowest BCUT2D eigenvalue weighted by atomic mass is 9.65. The van der Waals surface area contributed by atoms with Crippen molar-refractivity contribution in [3.05, 3.63) is 0 Å². The van der Waals surface area contributed by atoms with E-state index >= 15 is 0 Å². The zero-order valence-corrected chi connectivity index (χ0v) is 12.8. The number of nitrogens with zero attached hydrogens (tertiary/aromatic N) is 1. The van der Waals surface area contributed by atoms with Crippen LogP contribution in [0.4, 0.5) is 0 Å². The number of carbonyl (C=O) groups excluding carboxylic acids is 1. The van der Waals surface area contributed by atoms with Crippen molar-refractivity contribution in [2.24, 2.45) is 22.7 Å². The van der Waals surface area contributed by atoms with Gasteiger partial charge in [-0.2, -0.15) is 0 Å². The van der Waals surface area contributed by atoms with Crippen LogP contribution in [0.1, 0.15) is 47.0 Å². The van der Waals surface area contributed by atoms with E-state index < -0.39 is 0 Å². The highest BCUT2D eigenvalue weighted by Crippen LogP contribution is 2.52. The molecule has 2 unspecified atom stereocenters. The van der Waals surface area contributed by atoms with Crippen LogP contribution in [0.3, 0.4) is 0 Å². The summed E-state index contributed by atoms with van der Waals surface area (Å²) in [7, 11) is 0. The van der Waals surface area contributed by atoms with Gasteiger partial charge in [-0.3, -0.25) is 4.79 Å². The molecular formula is C16H28N2O. The Morgan fingerprint density at radius 1 is 1.21 bits per heavy atom. The molecule has 0 aromatic heterocycles. The van der Waals surface area contributed by atoms with Crippen LogP contribution in [-0.4, -0.2) is 36.5 Å². The molecule has 2 aliphatic heterocycles. The van der Waals surface area contributed by atoms with Gasteiger partial charge in [0.25, 0.3) is 0 Å². The summed E-state index contributed by atoms with van der Waals surface area (Å²) in [6.45, 7) is 12.2. The molecule has 3 fully saturated rings. The standard InChI is InChI=1S/C16H28N2O/c1-11-7-17-8-13(11)14(19)18-10-16(4)6-12(18)5-15(2,3)9-16/h11-13,17H,5-10H2,1-4H3/t11-,12?,13-,16?/m1/s1. The van der Waals surface area contributed by atoms with E-state index in [4.69, 9.17) is 0 Å². The van der Waals surface area contributed by atoms with Crippen LogP contribution in [0.25, 0.3) is 0 Å². The third-order valence-electron chi connectivity index (χ3n) is 5.53. The summed E-state index contributed by atoms with van der Waals surface area (Å²) in [5.74, 6) is 1.13. The van der Waals surface area contributed by atoms with Gasteiger partial charge in [-0.05, 0) is 42.6 Å². The van der Waals surface area contributed by atoms with E-state index in [2.05, 4.69) is 37.9 Å². The zero-order chi connectivity index (χ0) is 13.8. The summed E-state index contributed by atoms with van der Waals surface area (Å²) in [4.78, 5) is 15.1. The Hall–Kier alpha value is -0.570. The number of hydrogen-bond donors (Lipinski definition) is 1. The molecule has 1 N–H and O–H groups in total. The van der Waals surface area contributed by atoms with Crippen molar-refractivity contribution in [1.82, 2.24) is 10.2 Å². The van der Waals surface area contributed by atoms with Gasteiger partial charge in [0.2, 0.25) is 5.91 Å². The largest absolute Gasteiger partial charge is 0.339 e. The minimum Gasteiger partial charge on any atom is -0.339 e. The highest BCUT2D eigenvalue weighted by Gasteiger charge is 2.52. The zero-order valence-electron chi connectivity index (χ0n) is 12.8. The van der Waals surface area contributed by atoms with Crippen LogP contribution >= 0.6 is 0 Å². The van der Waals surface area contributed by atoms with E-state index in [1.54, 1.807) is 0 Å². The first-order valence-corrected chi connectivity index (χ1v) is 7.81. The van der Waals surface area contributed by atoms with Crippen molar-refractivity contribution in [3.63, 3.8) is 0 Å². The topological polar surface area (TPSA) is 32.3 Å². The number of amides is 1. The van der Waals surface area contributed by atoms with E-state index in [1.807, 2.05) is 0 Å². The van der Waals surface area contributed by atoms with Gasteiger partial charge in [0.15, 0.2) is 0 Å². The monoisotopic (exact) mass is 264 g/mol. The Labute approximate surface area is 117 Å². The van der Waals surface area contributed by atoms with Crippen molar-refractivity contribution in [1.29, 1.82) is 0 Å². The van der Waals surface area contributed by atoms with Gasteiger partial charge in [-0.15, -0.1) is 0 Å². The Bertz CT molecular complexity index is 392. The van der Waals surface area contributed by atoms with Crippen molar-refractivity contribution in [3.8, 4) is 0 Å². The quantitative estimate of drug-likeness (QED) is 0.788. The molecule has 3 heteroatoms. The smallest absolute Gasteiger partial charge is 0.227 e. The fourth-order valence-corrected chi connectivity index (χ4v) is 5.07. The fourth-order valence-electron chi connectivity index (χ4n) is 5.07. The third kappa shape index (κ3) is 2.31. The van der Waals surface area contributed by atoms with Crippen molar-refractivity contribution in [2.75, 3.05) is 19.6 Å². The third-order valence-corrected chi connectivity index (χ3v) is 5.53. The normalized spacial score (nSPS) is 44.6. The van der Waals surface area contributed by atoms with Gasteiger partial charge in [-0.25, -0.2) is 0 Å². The van der Waals surface area contributed by atoms with E-state index in [0.29, 0.717) is 28.7 Å². The van der Waals surface area contributed by atoms with Crippen LogP contribution in [0, 0.1) is 22.7 Å². The molecule has 0 aromatic carbocycles. The van der Waals surface area contributed by atoms with E-state index in [1.165, 1.54) is 19.3 Å². The van der Waals surface area contributed by atoms with Gasteiger partial charge in [0.05, 0.1) is 5.92 Å². The number of likely N-dealkylation sites (tertiary alicyclic amines) is 1. The summed E-state index contributed by atoms with van der Waals surface area (Å²) in [5, 5.41) is 3.36. The lowest BCUT2D eigenvalue weighted by Crippen LogP contribution is -2.42. The number of nitrogens with one attached hydrogen (secondary N) is 1. The van der Waals surface area contributed by atoms with Gasteiger partial charge in [0.1, 0.15) is 0 Å². The molecule has 3 nitrogen and oxygen atoms in total. The predicted molar refractivity (Wildman–Crippen MR) is 76.8 cm³/mol. The molecule has 3 rings (SSSR count). The molecule has 108 valence electrons. The molecule has 1 aliphatic carbocycles. The molecule has 3 aliphatic rings. The molecule has 2 bridgehead atoms. The summed E-state index contributed by atoms with van der Waals surface area (Å²) in [6, 6.07) is 0.494. The van der Waals surface area contributed by atoms with Crippen LogP contribution in [0.15, 0.2) is 0 Å². The fraction of sp³-hybridized carbons (Fsp3) is 0.938.